The average molecular weight is 315 g/mol. The topological polar surface area (TPSA) is 64.6 Å². The van der Waals surface area contributed by atoms with Crippen molar-refractivity contribution in [2.45, 2.75) is 38.5 Å². The number of sulfonamides is 1. The Kier molecular flexibility index (Phi) is 6.64. The Labute approximate surface area is 127 Å². The zero-order chi connectivity index (χ0) is 16.0. The normalized spacial score (nSPS) is 11.9. The fourth-order valence-corrected chi connectivity index (χ4v) is 3.33. The van der Waals surface area contributed by atoms with Gasteiger partial charge < -0.3 is 9.47 Å². The number of nitrogens with one attached hydrogen (secondary N) is 1. The molecule has 5 nitrogen and oxygen atoms in total. The van der Waals surface area contributed by atoms with E-state index in [0.29, 0.717) is 23.7 Å². The molecule has 0 radical (unpaired) electrons. The van der Waals surface area contributed by atoms with Gasteiger partial charge in [-0.1, -0.05) is 13.8 Å². The summed E-state index contributed by atoms with van der Waals surface area (Å²) in [5.74, 6) is 0.931. The van der Waals surface area contributed by atoms with Crippen LogP contribution in [0.25, 0.3) is 0 Å². The Morgan fingerprint density at radius 1 is 1.29 bits per heavy atom. The Morgan fingerprint density at radius 2 is 1.95 bits per heavy atom. The molecule has 0 saturated heterocycles. The van der Waals surface area contributed by atoms with E-state index in [4.69, 9.17) is 9.47 Å². The van der Waals surface area contributed by atoms with Crippen LogP contribution in [0.15, 0.2) is 17.0 Å². The molecule has 1 N–H and O–H groups in total. The number of aryl methyl sites for hydroxylation is 1. The number of hydrogen-bond acceptors (Lipinski definition) is 4. The molecule has 0 saturated carbocycles. The van der Waals surface area contributed by atoms with Gasteiger partial charge in [-0.05, 0) is 43.0 Å². The molecule has 0 bridgehead atoms. The van der Waals surface area contributed by atoms with Crippen molar-refractivity contribution in [2.75, 3.05) is 26.9 Å². The molecule has 120 valence electrons. The van der Waals surface area contributed by atoms with Gasteiger partial charge in [-0.3, -0.25) is 0 Å². The van der Waals surface area contributed by atoms with E-state index in [2.05, 4.69) is 4.72 Å². The molecule has 0 aliphatic rings. The van der Waals surface area contributed by atoms with Crippen LogP contribution in [0.4, 0.5) is 0 Å². The van der Waals surface area contributed by atoms with Gasteiger partial charge in [0.15, 0.2) is 0 Å². The third-order valence-electron chi connectivity index (χ3n) is 3.12. The third-order valence-corrected chi connectivity index (χ3v) is 4.72. The fraction of sp³-hybridized carbons (Fsp3) is 0.600. The van der Waals surface area contributed by atoms with E-state index in [9.17, 15) is 8.42 Å². The molecule has 0 aliphatic heterocycles. The molecule has 0 unspecified atom stereocenters. The van der Waals surface area contributed by atoms with Gasteiger partial charge in [0.2, 0.25) is 10.0 Å². The number of ether oxygens (including phenoxy) is 2. The highest BCUT2D eigenvalue weighted by Gasteiger charge is 2.20. The molecule has 1 aromatic rings. The summed E-state index contributed by atoms with van der Waals surface area (Å²) in [5, 5.41) is 0. The van der Waals surface area contributed by atoms with E-state index >= 15 is 0 Å². The lowest BCUT2D eigenvalue weighted by Crippen LogP contribution is -2.28. The van der Waals surface area contributed by atoms with Crippen LogP contribution in [-0.4, -0.2) is 35.3 Å². The fourth-order valence-electron chi connectivity index (χ4n) is 2.05. The quantitative estimate of drug-likeness (QED) is 0.748. The number of methoxy groups -OCH3 is 1. The number of rotatable bonds is 8. The Bertz CT molecular complexity index is 567. The van der Waals surface area contributed by atoms with Crippen LogP contribution < -0.4 is 9.46 Å². The monoisotopic (exact) mass is 315 g/mol. The van der Waals surface area contributed by atoms with Crippen molar-refractivity contribution in [3.8, 4) is 5.75 Å². The average Bonchev–Trinajstić information content (AvgIpc) is 2.38. The highest BCUT2D eigenvalue weighted by molar-refractivity contribution is 7.89. The van der Waals surface area contributed by atoms with Crippen molar-refractivity contribution in [3.05, 3.63) is 23.3 Å². The summed E-state index contributed by atoms with van der Waals surface area (Å²) in [6, 6.07) is 3.50. The van der Waals surface area contributed by atoms with Crippen molar-refractivity contribution in [3.63, 3.8) is 0 Å². The zero-order valence-corrected chi connectivity index (χ0v) is 14.2. The minimum absolute atomic E-state index is 0.181. The standard InChI is InChI=1S/C15H25NO4S/c1-6-20-14-9-12(4)15(10-13(14)11(2)3)21(17,18)16-7-8-19-5/h9-11,16H,6-8H2,1-5H3. The highest BCUT2D eigenvalue weighted by Crippen LogP contribution is 2.31. The first-order chi connectivity index (χ1) is 9.83. The first-order valence-corrected chi connectivity index (χ1v) is 8.57. The SMILES string of the molecule is CCOc1cc(C)c(S(=O)(=O)NCCOC)cc1C(C)C. The van der Waals surface area contributed by atoms with Crippen molar-refractivity contribution in [1.82, 2.24) is 4.72 Å². The van der Waals surface area contributed by atoms with Crippen molar-refractivity contribution >= 4 is 10.0 Å². The van der Waals surface area contributed by atoms with Gasteiger partial charge in [0.1, 0.15) is 5.75 Å². The second-order valence-electron chi connectivity index (χ2n) is 5.13. The van der Waals surface area contributed by atoms with Gasteiger partial charge in [0.25, 0.3) is 0 Å². The molecule has 1 aromatic carbocycles. The molecule has 0 amide bonds. The zero-order valence-electron chi connectivity index (χ0n) is 13.4. The molecule has 0 fully saturated rings. The van der Waals surface area contributed by atoms with E-state index < -0.39 is 10.0 Å². The molecule has 6 heteroatoms. The predicted octanol–water partition coefficient (Wildman–Crippen LogP) is 2.44. The van der Waals surface area contributed by atoms with Crippen LogP contribution in [-0.2, 0) is 14.8 Å². The summed E-state index contributed by atoms with van der Waals surface area (Å²) in [6.07, 6.45) is 0. The number of benzene rings is 1. The van der Waals surface area contributed by atoms with Crippen LogP contribution in [0.2, 0.25) is 0 Å². The summed E-state index contributed by atoms with van der Waals surface area (Å²) in [6.45, 7) is 8.87. The van der Waals surface area contributed by atoms with Crippen LogP contribution >= 0.6 is 0 Å². The van der Waals surface area contributed by atoms with Crippen LogP contribution in [0.5, 0.6) is 5.75 Å². The van der Waals surface area contributed by atoms with E-state index in [0.717, 1.165) is 11.3 Å². The summed E-state index contributed by atoms with van der Waals surface area (Å²) in [7, 11) is -2.00. The lowest BCUT2D eigenvalue weighted by Gasteiger charge is -2.17. The molecular weight excluding hydrogens is 290 g/mol. The maximum atomic E-state index is 12.4. The summed E-state index contributed by atoms with van der Waals surface area (Å²) >= 11 is 0. The number of hydrogen-bond donors (Lipinski definition) is 1. The van der Waals surface area contributed by atoms with Crippen molar-refractivity contribution in [2.24, 2.45) is 0 Å². The van der Waals surface area contributed by atoms with E-state index in [1.807, 2.05) is 20.8 Å². The largest absolute Gasteiger partial charge is 0.494 e. The van der Waals surface area contributed by atoms with Crippen LogP contribution in [0.3, 0.4) is 0 Å². The van der Waals surface area contributed by atoms with Crippen LogP contribution in [0, 0.1) is 6.92 Å². The van der Waals surface area contributed by atoms with Gasteiger partial charge in [-0.25, -0.2) is 13.1 Å². The van der Waals surface area contributed by atoms with Gasteiger partial charge in [-0.15, -0.1) is 0 Å². The van der Waals surface area contributed by atoms with Gasteiger partial charge >= 0.3 is 0 Å². The lowest BCUT2D eigenvalue weighted by atomic mass is 10.0. The smallest absolute Gasteiger partial charge is 0.240 e. The van der Waals surface area contributed by atoms with E-state index in [1.54, 1.807) is 19.1 Å². The minimum Gasteiger partial charge on any atom is -0.494 e. The minimum atomic E-state index is -3.54. The maximum absolute atomic E-state index is 12.4. The molecule has 1 rings (SSSR count). The lowest BCUT2D eigenvalue weighted by molar-refractivity contribution is 0.204. The van der Waals surface area contributed by atoms with Gasteiger partial charge in [0.05, 0.1) is 18.1 Å². The molecule has 0 spiro atoms. The Balaban J connectivity index is 3.21. The second kappa shape index (κ2) is 7.77. The molecule has 21 heavy (non-hydrogen) atoms. The summed E-state index contributed by atoms with van der Waals surface area (Å²) < 4.78 is 37.7. The Morgan fingerprint density at radius 3 is 2.48 bits per heavy atom. The first-order valence-electron chi connectivity index (χ1n) is 7.09. The molecular formula is C15H25NO4S. The van der Waals surface area contributed by atoms with E-state index in [1.165, 1.54) is 7.11 Å². The highest BCUT2D eigenvalue weighted by atomic mass is 32.2. The Hall–Kier alpha value is -1.11. The van der Waals surface area contributed by atoms with Crippen molar-refractivity contribution < 1.29 is 17.9 Å². The third kappa shape index (κ3) is 4.69. The summed E-state index contributed by atoms with van der Waals surface area (Å²) in [4.78, 5) is 0.297. The predicted molar refractivity (Wildman–Crippen MR) is 83.5 cm³/mol. The second-order valence-corrected chi connectivity index (χ2v) is 6.87. The maximum Gasteiger partial charge on any atom is 0.240 e. The molecule has 0 aromatic heterocycles. The molecule has 0 heterocycles. The van der Waals surface area contributed by atoms with Gasteiger partial charge in [0, 0.05) is 13.7 Å². The molecule has 0 aliphatic carbocycles. The van der Waals surface area contributed by atoms with Crippen LogP contribution in [0.1, 0.15) is 37.8 Å². The van der Waals surface area contributed by atoms with Gasteiger partial charge in [-0.2, -0.15) is 0 Å². The van der Waals surface area contributed by atoms with Crippen molar-refractivity contribution in [1.29, 1.82) is 0 Å². The first kappa shape index (κ1) is 17.9. The summed E-state index contributed by atoms with van der Waals surface area (Å²) in [5.41, 5.74) is 1.57. The van der Waals surface area contributed by atoms with E-state index in [-0.39, 0.29) is 12.5 Å². The molecule has 0 atom stereocenters.